The Hall–Kier alpha value is -1.46. The van der Waals surface area contributed by atoms with E-state index in [1.807, 2.05) is 32.0 Å². The summed E-state index contributed by atoms with van der Waals surface area (Å²) in [5.41, 5.74) is 0.958. The molecule has 5 nitrogen and oxygen atoms in total. The molecule has 0 aliphatic carbocycles. The van der Waals surface area contributed by atoms with Crippen molar-refractivity contribution in [1.82, 2.24) is 0 Å². The topological polar surface area (TPSA) is 49.0 Å². The molecule has 0 aromatic heterocycles. The predicted molar refractivity (Wildman–Crippen MR) is 84.6 cm³/mol. The molecule has 0 bridgehead atoms. The number of anilines is 1. The average molecular weight is 297 g/mol. The second-order valence-corrected chi connectivity index (χ2v) is 4.41. The van der Waals surface area contributed by atoms with Crippen LogP contribution in [0.1, 0.15) is 20.3 Å². The monoisotopic (exact) mass is 297 g/mol. The van der Waals surface area contributed by atoms with Gasteiger partial charge in [0.25, 0.3) is 0 Å². The van der Waals surface area contributed by atoms with Crippen molar-refractivity contribution in [3.8, 4) is 11.5 Å². The van der Waals surface area contributed by atoms with Crippen LogP contribution in [0.25, 0.3) is 0 Å². The molecule has 1 aromatic rings. The van der Waals surface area contributed by atoms with Crippen LogP contribution in [0.3, 0.4) is 0 Å². The molecular weight excluding hydrogens is 270 g/mol. The highest BCUT2D eigenvalue weighted by molar-refractivity contribution is 5.59. The van der Waals surface area contributed by atoms with E-state index >= 15 is 0 Å². The Labute approximate surface area is 127 Å². The zero-order valence-electron chi connectivity index (χ0n) is 13.3. The van der Waals surface area contributed by atoms with E-state index < -0.39 is 0 Å². The Morgan fingerprint density at radius 1 is 1.00 bits per heavy atom. The fourth-order valence-electron chi connectivity index (χ4n) is 1.83. The summed E-state index contributed by atoms with van der Waals surface area (Å²) in [7, 11) is 1.67. The normalized spacial score (nSPS) is 10.4. The molecule has 0 atom stereocenters. The third kappa shape index (κ3) is 7.20. The van der Waals surface area contributed by atoms with Crippen LogP contribution in [0.4, 0.5) is 5.69 Å². The Morgan fingerprint density at radius 2 is 1.81 bits per heavy atom. The van der Waals surface area contributed by atoms with Crippen LogP contribution in [-0.4, -0.2) is 46.7 Å². The maximum absolute atomic E-state index is 5.61. The molecule has 21 heavy (non-hydrogen) atoms. The summed E-state index contributed by atoms with van der Waals surface area (Å²) in [5.74, 6) is 1.70. The minimum absolute atomic E-state index is 0.637. The summed E-state index contributed by atoms with van der Waals surface area (Å²) in [6.45, 7) is 8.06. The summed E-state index contributed by atoms with van der Waals surface area (Å²) >= 11 is 0. The van der Waals surface area contributed by atoms with E-state index in [1.54, 1.807) is 7.11 Å². The number of benzene rings is 1. The molecule has 0 fully saturated rings. The lowest BCUT2D eigenvalue weighted by molar-refractivity contribution is 0.0705. The standard InChI is InChI=1S/C16H27NO4/c1-4-20-14-7-8-16(21-5-2)15(13-14)17-9-6-10-19-12-11-18-3/h7-8,13,17H,4-6,9-12H2,1-3H3. The average Bonchev–Trinajstić information content (AvgIpc) is 2.49. The van der Waals surface area contributed by atoms with Crippen molar-refractivity contribution < 1.29 is 18.9 Å². The third-order valence-corrected chi connectivity index (χ3v) is 2.77. The van der Waals surface area contributed by atoms with Gasteiger partial charge in [0.05, 0.1) is 32.1 Å². The van der Waals surface area contributed by atoms with Gasteiger partial charge in [0.2, 0.25) is 0 Å². The molecule has 0 radical (unpaired) electrons. The van der Waals surface area contributed by atoms with Gasteiger partial charge in [-0.2, -0.15) is 0 Å². The molecule has 0 aliphatic rings. The summed E-state index contributed by atoms with van der Waals surface area (Å²) in [4.78, 5) is 0. The molecular formula is C16H27NO4. The molecule has 0 saturated heterocycles. The van der Waals surface area contributed by atoms with Crippen LogP contribution in [0.5, 0.6) is 11.5 Å². The molecule has 1 N–H and O–H groups in total. The minimum atomic E-state index is 0.637. The molecule has 0 saturated carbocycles. The van der Waals surface area contributed by atoms with E-state index in [0.717, 1.165) is 30.2 Å². The largest absolute Gasteiger partial charge is 0.494 e. The van der Waals surface area contributed by atoms with Gasteiger partial charge < -0.3 is 24.3 Å². The predicted octanol–water partition coefficient (Wildman–Crippen LogP) is 2.95. The molecule has 120 valence electrons. The van der Waals surface area contributed by atoms with Crippen LogP contribution >= 0.6 is 0 Å². The van der Waals surface area contributed by atoms with Crippen molar-refractivity contribution in [2.24, 2.45) is 0 Å². The molecule has 0 aliphatic heterocycles. The number of ether oxygens (including phenoxy) is 4. The number of hydrogen-bond acceptors (Lipinski definition) is 5. The first-order valence-electron chi connectivity index (χ1n) is 7.52. The number of methoxy groups -OCH3 is 1. The maximum atomic E-state index is 5.61. The fourth-order valence-corrected chi connectivity index (χ4v) is 1.83. The highest BCUT2D eigenvalue weighted by Gasteiger charge is 2.05. The Balaban J connectivity index is 2.41. The van der Waals surface area contributed by atoms with Gasteiger partial charge in [-0.05, 0) is 32.4 Å². The zero-order valence-corrected chi connectivity index (χ0v) is 13.3. The molecule has 0 unspecified atom stereocenters. The zero-order chi connectivity index (χ0) is 15.3. The lowest BCUT2D eigenvalue weighted by Gasteiger charge is -2.14. The van der Waals surface area contributed by atoms with Gasteiger partial charge in [0.1, 0.15) is 11.5 Å². The number of nitrogens with one attached hydrogen (secondary N) is 1. The Morgan fingerprint density at radius 3 is 2.52 bits per heavy atom. The second-order valence-electron chi connectivity index (χ2n) is 4.41. The molecule has 5 heteroatoms. The lowest BCUT2D eigenvalue weighted by atomic mass is 10.2. The van der Waals surface area contributed by atoms with E-state index in [2.05, 4.69) is 5.32 Å². The van der Waals surface area contributed by atoms with Crippen molar-refractivity contribution in [2.45, 2.75) is 20.3 Å². The van der Waals surface area contributed by atoms with Crippen molar-refractivity contribution in [2.75, 3.05) is 52.0 Å². The van der Waals surface area contributed by atoms with Crippen molar-refractivity contribution in [1.29, 1.82) is 0 Å². The lowest BCUT2D eigenvalue weighted by Crippen LogP contribution is -2.09. The molecule has 1 aromatic carbocycles. The smallest absolute Gasteiger partial charge is 0.142 e. The van der Waals surface area contributed by atoms with Gasteiger partial charge in [0.15, 0.2) is 0 Å². The highest BCUT2D eigenvalue weighted by Crippen LogP contribution is 2.29. The van der Waals surface area contributed by atoms with Gasteiger partial charge >= 0.3 is 0 Å². The van der Waals surface area contributed by atoms with Crippen molar-refractivity contribution in [3.05, 3.63) is 18.2 Å². The van der Waals surface area contributed by atoms with Gasteiger partial charge in [-0.25, -0.2) is 0 Å². The van der Waals surface area contributed by atoms with Crippen LogP contribution in [0.2, 0.25) is 0 Å². The second kappa shape index (κ2) is 11.2. The first-order valence-corrected chi connectivity index (χ1v) is 7.52. The summed E-state index contributed by atoms with van der Waals surface area (Å²) in [6, 6.07) is 5.83. The van der Waals surface area contributed by atoms with E-state index in [-0.39, 0.29) is 0 Å². The van der Waals surface area contributed by atoms with E-state index in [4.69, 9.17) is 18.9 Å². The summed E-state index contributed by atoms with van der Waals surface area (Å²) in [5, 5.41) is 3.37. The molecule has 1 rings (SSSR count). The quantitative estimate of drug-likeness (QED) is 0.601. The van der Waals surface area contributed by atoms with Crippen molar-refractivity contribution in [3.63, 3.8) is 0 Å². The van der Waals surface area contributed by atoms with Gasteiger partial charge in [-0.3, -0.25) is 0 Å². The first-order chi connectivity index (χ1) is 10.3. The Kier molecular flexibility index (Phi) is 9.40. The van der Waals surface area contributed by atoms with E-state index in [9.17, 15) is 0 Å². The number of rotatable bonds is 12. The first kappa shape index (κ1) is 17.6. The van der Waals surface area contributed by atoms with Crippen molar-refractivity contribution >= 4 is 5.69 Å². The SMILES string of the molecule is CCOc1ccc(OCC)c(NCCCOCCOC)c1. The van der Waals surface area contributed by atoms with Gasteiger partial charge in [-0.1, -0.05) is 0 Å². The highest BCUT2D eigenvalue weighted by atomic mass is 16.5. The van der Waals surface area contributed by atoms with Gasteiger partial charge in [-0.15, -0.1) is 0 Å². The number of hydrogen-bond donors (Lipinski definition) is 1. The summed E-state index contributed by atoms with van der Waals surface area (Å²) in [6.07, 6.45) is 0.925. The maximum Gasteiger partial charge on any atom is 0.142 e. The van der Waals surface area contributed by atoms with E-state index in [0.29, 0.717) is 33.0 Å². The Bertz CT molecular complexity index is 385. The van der Waals surface area contributed by atoms with E-state index in [1.165, 1.54) is 0 Å². The minimum Gasteiger partial charge on any atom is -0.494 e. The van der Waals surface area contributed by atoms with Crippen LogP contribution in [0.15, 0.2) is 18.2 Å². The molecule has 0 spiro atoms. The third-order valence-electron chi connectivity index (χ3n) is 2.77. The van der Waals surface area contributed by atoms with Crippen LogP contribution < -0.4 is 14.8 Å². The molecule has 0 amide bonds. The van der Waals surface area contributed by atoms with Gasteiger partial charge in [0, 0.05) is 26.3 Å². The van der Waals surface area contributed by atoms with Crippen LogP contribution in [-0.2, 0) is 9.47 Å². The molecule has 0 heterocycles. The van der Waals surface area contributed by atoms with Crippen LogP contribution in [0, 0.1) is 0 Å². The summed E-state index contributed by atoms with van der Waals surface area (Å²) < 4.78 is 21.5. The fraction of sp³-hybridized carbons (Fsp3) is 0.625.